The Labute approximate surface area is 142 Å². The molecule has 0 aliphatic heterocycles. The van der Waals surface area contributed by atoms with Crippen LogP contribution >= 0.6 is 23.4 Å². The number of rotatable bonds is 10. The second kappa shape index (κ2) is 10.9. The van der Waals surface area contributed by atoms with Gasteiger partial charge in [0.05, 0.1) is 18.3 Å². The second-order valence-corrected chi connectivity index (χ2v) is 6.93. The highest BCUT2D eigenvalue weighted by atomic mass is 35.5. The number of hydrogen-bond acceptors (Lipinski definition) is 4. The van der Waals surface area contributed by atoms with Gasteiger partial charge in [-0.3, -0.25) is 0 Å². The van der Waals surface area contributed by atoms with Crippen LogP contribution in [-0.4, -0.2) is 36.3 Å². The summed E-state index contributed by atoms with van der Waals surface area (Å²) in [5, 5.41) is 0.603. The third-order valence-corrected chi connectivity index (χ3v) is 4.35. The molecule has 0 aliphatic carbocycles. The standard InChI is InChI=1S/C17H25ClO3S/c1-4-5-10-22-12-16(11-20-13(2)3)21-17(19)14-6-8-15(18)9-7-14/h6-9,13,16H,4-5,10-12H2,1-3H3/t16-/m0/s1. The van der Waals surface area contributed by atoms with Gasteiger partial charge in [-0.2, -0.15) is 11.8 Å². The molecule has 0 saturated carbocycles. The Bertz CT molecular complexity index is 434. The first-order chi connectivity index (χ1) is 10.5. The average Bonchev–Trinajstić information content (AvgIpc) is 2.49. The van der Waals surface area contributed by atoms with Crippen LogP contribution in [0.2, 0.25) is 5.02 Å². The Morgan fingerprint density at radius 2 is 1.95 bits per heavy atom. The van der Waals surface area contributed by atoms with Gasteiger partial charge in [0.15, 0.2) is 0 Å². The SMILES string of the molecule is CCCCSC[C@H](COC(C)C)OC(=O)c1ccc(Cl)cc1. The molecule has 1 atom stereocenters. The monoisotopic (exact) mass is 344 g/mol. The van der Waals surface area contributed by atoms with Crippen molar-refractivity contribution in [3.63, 3.8) is 0 Å². The van der Waals surface area contributed by atoms with Crippen molar-refractivity contribution in [3.05, 3.63) is 34.9 Å². The fourth-order valence-electron chi connectivity index (χ4n) is 1.68. The van der Waals surface area contributed by atoms with Crippen molar-refractivity contribution >= 4 is 29.3 Å². The molecule has 1 aromatic carbocycles. The molecule has 0 unspecified atom stereocenters. The zero-order valence-electron chi connectivity index (χ0n) is 13.5. The van der Waals surface area contributed by atoms with E-state index in [1.54, 1.807) is 36.0 Å². The van der Waals surface area contributed by atoms with Gasteiger partial charge in [0.2, 0.25) is 0 Å². The number of carbonyl (C=O) groups excluding carboxylic acids is 1. The van der Waals surface area contributed by atoms with Crippen molar-refractivity contribution < 1.29 is 14.3 Å². The number of carbonyl (C=O) groups is 1. The summed E-state index contributed by atoms with van der Waals surface area (Å²) in [7, 11) is 0. The van der Waals surface area contributed by atoms with E-state index in [9.17, 15) is 4.79 Å². The van der Waals surface area contributed by atoms with E-state index in [4.69, 9.17) is 21.1 Å². The summed E-state index contributed by atoms with van der Waals surface area (Å²) >= 11 is 7.63. The van der Waals surface area contributed by atoms with Crippen molar-refractivity contribution in [2.75, 3.05) is 18.1 Å². The van der Waals surface area contributed by atoms with Gasteiger partial charge in [-0.1, -0.05) is 24.9 Å². The van der Waals surface area contributed by atoms with Crippen LogP contribution in [0.3, 0.4) is 0 Å². The van der Waals surface area contributed by atoms with Gasteiger partial charge in [-0.05, 0) is 50.3 Å². The molecule has 124 valence electrons. The van der Waals surface area contributed by atoms with E-state index in [1.807, 2.05) is 13.8 Å². The Balaban J connectivity index is 2.53. The smallest absolute Gasteiger partial charge is 0.338 e. The molecule has 0 bridgehead atoms. The number of unbranched alkanes of at least 4 members (excludes halogenated alkanes) is 1. The van der Waals surface area contributed by atoms with E-state index in [2.05, 4.69) is 6.92 Å². The predicted molar refractivity (Wildman–Crippen MR) is 94.0 cm³/mol. The lowest BCUT2D eigenvalue weighted by Crippen LogP contribution is -2.27. The quantitative estimate of drug-likeness (QED) is 0.450. The molecule has 3 nitrogen and oxygen atoms in total. The minimum absolute atomic E-state index is 0.123. The van der Waals surface area contributed by atoms with Gasteiger partial charge in [-0.15, -0.1) is 0 Å². The molecule has 0 aliphatic rings. The molecule has 5 heteroatoms. The number of esters is 1. The lowest BCUT2D eigenvalue weighted by Gasteiger charge is -2.19. The fourth-order valence-corrected chi connectivity index (χ4v) is 2.90. The summed E-state index contributed by atoms with van der Waals surface area (Å²) in [6.45, 7) is 6.54. The Morgan fingerprint density at radius 3 is 2.55 bits per heavy atom. The molecule has 1 rings (SSSR count). The van der Waals surface area contributed by atoms with Crippen LogP contribution in [0.25, 0.3) is 0 Å². The maximum Gasteiger partial charge on any atom is 0.338 e. The van der Waals surface area contributed by atoms with Crippen molar-refractivity contribution in [2.24, 2.45) is 0 Å². The number of thioether (sulfide) groups is 1. The molecule has 0 saturated heterocycles. The highest BCUT2D eigenvalue weighted by molar-refractivity contribution is 7.99. The summed E-state index contributed by atoms with van der Waals surface area (Å²) in [5.74, 6) is 1.50. The van der Waals surface area contributed by atoms with Crippen molar-refractivity contribution in [1.82, 2.24) is 0 Å². The van der Waals surface area contributed by atoms with Crippen molar-refractivity contribution in [2.45, 2.75) is 45.8 Å². The summed E-state index contributed by atoms with van der Waals surface area (Å²) < 4.78 is 11.2. The zero-order chi connectivity index (χ0) is 16.4. The first-order valence-electron chi connectivity index (χ1n) is 7.68. The number of ether oxygens (including phenoxy) is 2. The fraction of sp³-hybridized carbons (Fsp3) is 0.588. The van der Waals surface area contributed by atoms with Gasteiger partial charge >= 0.3 is 5.97 Å². The Hall–Kier alpha value is -0.710. The normalized spacial score (nSPS) is 12.4. The number of halogens is 1. The van der Waals surface area contributed by atoms with E-state index in [1.165, 1.54) is 12.8 Å². The highest BCUT2D eigenvalue weighted by Crippen LogP contribution is 2.14. The molecule has 0 fully saturated rings. The van der Waals surface area contributed by atoms with Crippen molar-refractivity contribution in [3.8, 4) is 0 Å². The van der Waals surface area contributed by atoms with Gasteiger partial charge in [0.25, 0.3) is 0 Å². The van der Waals surface area contributed by atoms with Crippen LogP contribution in [-0.2, 0) is 9.47 Å². The highest BCUT2D eigenvalue weighted by Gasteiger charge is 2.17. The second-order valence-electron chi connectivity index (χ2n) is 5.34. The average molecular weight is 345 g/mol. The molecule has 0 aromatic heterocycles. The largest absolute Gasteiger partial charge is 0.455 e. The maximum atomic E-state index is 12.2. The van der Waals surface area contributed by atoms with Crippen LogP contribution in [0.1, 0.15) is 44.0 Å². The molecular formula is C17H25ClO3S. The van der Waals surface area contributed by atoms with Gasteiger partial charge in [-0.25, -0.2) is 4.79 Å². The first kappa shape index (κ1) is 19.3. The Kier molecular flexibility index (Phi) is 9.60. The molecule has 0 radical (unpaired) electrons. The summed E-state index contributed by atoms with van der Waals surface area (Å²) in [6.07, 6.45) is 2.24. The summed E-state index contributed by atoms with van der Waals surface area (Å²) in [5.41, 5.74) is 0.512. The van der Waals surface area contributed by atoms with Crippen LogP contribution in [0.15, 0.2) is 24.3 Å². The number of benzene rings is 1. The zero-order valence-corrected chi connectivity index (χ0v) is 15.1. The maximum absolute atomic E-state index is 12.2. The van der Waals surface area contributed by atoms with Gasteiger partial charge in [0, 0.05) is 10.8 Å². The van der Waals surface area contributed by atoms with E-state index < -0.39 is 0 Å². The molecule has 0 N–H and O–H groups in total. The third-order valence-electron chi connectivity index (χ3n) is 2.92. The molecule has 0 amide bonds. The van der Waals surface area contributed by atoms with Crippen LogP contribution in [0, 0.1) is 0 Å². The molecule has 1 aromatic rings. The number of hydrogen-bond donors (Lipinski definition) is 0. The van der Waals surface area contributed by atoms with Gasteiger partial charge < -0.3 is 9.47 Å². The topological polar surface area (TPSA) is 35.5 Å². The van der Waals surface area contributed by atoms with Gasteiger partial charge in [0.1, 0.15) is 6.10 Å². The lowest BCUT2D eigenvalue weighted by atomic mass is 10.2. The minimum Gasteiger partial charge on any atom is -0.455 e. The van der Waals surface area contributed by atoms with E-state index in [0.717, 1.165) is 11.5 Å². The minimum atomic E-state index is -0.329. The summed E-state index contributed by atoms with van der Waals surface area (Å²) in [4.78, 5) is 12.2. The first-order valence-corrected chi connectivity index (χ1v) is 9.22. The van der Waals surface area contributed by atoms with Crippen LogP contribution in [0.5, 0.6) is 0 Å². The Morgan fingerprint density at radius 1 is 1.27 bits per heavy atom. The molecule has 0 spiro atoms. The van der Waals surface area contributed by atoms with E-state index in [-0.39, 0.29) is 18.2 Å². The third kappa shape index (κ3) is 8.06. The predicted octanol–water partition coefficient (Wildman–Crippen LogP) is 4.82. The van der Waals surface area contributed by atoms with E-state index in [0.29, 0.717) is 17.2 Å². The molecule has 0 heterocycles. The van der Waals surface area contributed by atoms with E-state index >= 15 is 0 Å². The van der Waals surface area contributed by atoms with Crippen LogP contribution in [0.4, 0.5) is 0 Å². The lowest BCUT2D eigenvalue weighted by molar-refractivity contribution is -0.0119. The van der Waals surface area contributed by atoms with Crippen LogP contribution < -0.4 is 0 Å². The molecule has 22 heavy (non-hydrogen) atoms. The molecular weight excluding hydrogens is 320 g/mol. The van der Waals surface area contributed by atoms with Crippen molar-refractivity contribution in [1.29, 1.82) is 0 Å². The summed E-state index contributed by atoms with van der Waals surface area (Å²) in [6, 6.07) is 6.73.